The molecule has 0 spiro atoms. The van der Waals surface area contributed by atoms with Crippen LogP contribution in [0.2, 0.25) is 0 Å². The molecule has 0 saturated carbocycles. The third-order valence-electron chi connectivity index (χ3n) is 2.35. The maximum atomic E-state index is 6.02. The second-order valence-electron chi connectivity index (χ2n) is 3.36. The third kappa shape index (κ3) is 4.38. The predicted molar refractivity (Wildman–Crippen MR) is 75.2 cm³/mol. The van der Waals surface area contributed by atoms with Crippen LogP contribution < -0.4 is 0 Å². The number of rotatable bonds is 6. The maximum Gasteiger partial charge on any atom is 0.0292 e. The monoisotopic (exact) mass is 306 g/mol. The lowest BCUT2D eigenvalue weighted by Gasteiger charge is -2.15. The summed E-state index contributed by atoms with van der Waals surface area (Å²) in [6, 6.07) is 8.36. The van der Waals surface area contributed by atoms with Gasteiger partial charge in [-0.15, -0.1) is 11.6 Å². The van der Waals surface area contributed by atoms with Gasteiger partial charge in [0.2, 0.25) is 0 Å². The maximum absolute atomic E-state index is 6.02. The molecule has 0 aliphatic rings. The predicted octanol–water partition coefficient (Wildman–Crippen LogP) is 4.91. The first-order valence-corrected chi connectivity index (χ1v) is 7.66. The van der Waals surface area contributed by atoms with Crippen LogP contribution in [0.5, 0.6) is 0 Å². The molecule has 1 rings (SSSR count). The first kappa shape index (κ1) is 13.4. The average Bonchev–Trinajstić information content (AvgIpc) is 2.26. The van der Waals surface area contributed by atoms with Crippen LogP contribution >= 0.6 is 39.3 Å². The summed E-state index contributed by atoms with van der Waals surface area (Å²) in [7, 11) is 0. The second kappa shape index (κ2) is 7.59. The van der Waals surface area contributed by atoms with Gasteiger partial charge < -0.3 is 0 Å². The fourth-order valence-corrected chi connectivity index (χ4v) is 3.16. The van der Waals surface area contributed by atoms with Gasteiger partial charge in [0.05, 0.1) is 0 Å². The largest absolute Gasteiger partial charge is 0.162 e. The van der Waals surface area contributed by atoms with Gasteiger partial charge in [-0.05, 0) is 35.5 Å². The molecular weight excluding hydrogens is 292 g/mol. The summed E-state index contributed by atoms with van der Waals surface area (Å²) in [4.78, 5) is 0. The van der Waals surface area contributed by atoms with Gasteiger partial charge in [0.1, 0.15) is 0 Å². The van der Waals surface area contributed by atoms with Crippen LogP contribution in [0.3, 0.4) is 0 Å². The zero-order valence-electron chi connectivity index (χ0n) is 8.88. The highest BCUT2D eigenvalue weighted by atomic mass is 79.9. The van der Waals surface area contributed by atoms with Crippen molar-refractivity contribution in [3.63, 3.8) is 0 Å². The van der Waals surface area contributed by atoms with Gasteiger partial charge in [0.15, 0.2) is 0 Å². The number of benzene rings is 1. The van der Waals surface area contributed by atoms with Crippen LogP contribution in [0.4, 0.5) is 0 Å². The van der Waals surface area contributed by atoms with Crippen LogP contribution in [-0.2, 0) is 0 Å². The highest BCUT2D eigenvalue weighted by Crippen LogP contribution is 2.29. The minimum Gasteiger partial charge on any atom is -0.162 e. The Labute approximate surface area is 110 Å². The number of alkyl halides is 1. The highest BCUT2D eigenvalue weighted by molar-refractivity contribution is 9.10. The van der Waals surface area contributed by atoms with E-state index in [4.69, 9.17) is 11.6 Å². The Morgan fingerprint density at radius 1 is 1.40 bits per heavy atom. The van der Waals surface area contributed by atoms with Gasteiger partial charge in [0.25, 0.3) is 0 Å². The van der Waals surface area contributed by atoms with Crippen molar-refractivity contribution in [2.24, 2.45) is 0 Å². The molecule has 0 radical (unpaired) electrons. The molecule has 0 aliphatic carbocycles. The first-order valence-electron chi connectivity index (χ1n) is 5.17. The van der Waals surface area contributed by atoms with Crippen molar-refractivity contribution in [1.29, 1.82) is 0 Å². The van der Waals surface area contributed by atoms with Gasteiger partial charge in [-0.1, -0.05) is 41.1 Å². The van der Waals surface area contributed by atoms with E-state index < -0.39 is 0 Å². The molecule has 0 aromatic heterocycles. The summed E-state index contributed by atoms with van der Waals surface area (Å²) in [5.74, 6) is 3.55. The van der Waals surface area contributed by atoms with E-state index in [0.717, 1.165) is 6.42 Å². The van der Waals surface area contributed by atoms with Crippen LogP contribution in [0.15, 0.2) is 28.7 Å². The zero-order chi connectivity index (χ0) is 11.1. The van der Waals surface area contributed by atoms with E-state index in [9.17, 15) is 0 Å². The van der Waals surface area contributed by atoms with E-state index >= 15 is 0 Å². The van der Waals surface area contributed by atoms with Gasteiger partial charge in [-0.25, -0.2) is 0 Å². The molecule has 0 nitrogen and oxygen atoms in total. The van der Waals surface area contributed by atoms with Crippen molar-refractivity contribution in [3.05, 3.63) is 34.3 Å². The minimum atomic E-state index is 0.473. The molecular formula is C12H16BrClS. The van der Waals surface area contributed by atoms with Crippen LogP contribution in [-0.4, -0.2) is 17.4 Å². The summed E-state index contributed by atoms with van der Waals surface area (Å²) < 4.78 is 1.18. The molecule has 1 aromatic rings. The Morgan fingerprint density at radius 3 is 2.73 bits per heavy atom. The normalized spacial score (nSPS) is 12.7. The Morgan fingerprint density at radius 2 is 2.13 bits per heavy atom. The molecule has 1 atom stereocenters. The molecule has 1 unspecified atom stereocenters. The number of hydrogen-bond acceptors (Lipinski definition) is 1. The topological polar surface area (TPSA) is 0 Å². The molecule has 0 N–H and O–H groups in total. The SMILES string of the molecule is CCSCCC(CCl)c1ccccc1Br. The van der Waals surface area contributed by atoms with Crippen molar-refractivity contribution >= 4 is 39.3 Å². The number of halogens is 2. The Balaban J connectivity index is 2.61. The fraction of sp³-hybridized carbons (Fsp3) is 0.500. The molecule has 0 aliphatic heterocycles. The van der Waals surface area contributed by atoms with Crippen molar-refractivity contribution in [2.75, 3.05) is 17.4 Å². The van der Waals surface area contributed by atoms with Crippen LogP contribution in [0.1, 0.15) is 24.8 Å². The summed E-state index contributed by atoms with van der Waals surface area (Å²) in [5.41, 5.74) is 1.34. The molecule has 0 heterocycles. The molecule has 0 fully saturated rings. The van der Waals surface area contributed by atoms with E-state index in [1.807, 2.05) is 17.8 Å². The fourth-order valence-electron chi connectivity index (χ4n) is 1.49. The summed E-state index contributed by atoms with van der Waals surface area (Å²) in [6.07, 6.45) is 1.16. The molecule has 0 bridgehead atoms. The van der Waals surface area contributed by atoms with E-state index in [1.54, 1.807) is 0 Å². The zero-order valence-corrected chi connectivity index (χ0v) is 12.0. The van der Waals surface area contributed by atoms with Gasteiger partial charge in [-0.2, -0.15) is 11.8 Å². The van der Waals surface area contributed by atoms with E-state index in [0.29, 0.717) is 11.8 Å². The van der Waals surface area contributed by atoms with Crippen molar-refractivity contribution < 1.29 is 0 Å². The molecule has 3 heteroatoms. The molecule has 84 valence electrons. The van der Waals surface area contributed by atoms with E-state index in [2.05, 4.69) is 41.1 Å². The molecule has 0 saturated heterocycles. The van der Waals surface area contributed by atoms with Crippen molar-refractivity contribution in [1.82, 2.24) is 0 Å². The average molecular weight is 308 g/mol. The van der Waals surface area contributed by atoms with Crippen molar-refractivity contribution in [2.45, 2.75) is 19.3 Å². The smallest absolute Gasteiger partial charge is 0.0292 e. The van der Waals surface area contributed by atoms with Crippen LogP contribution in [0.25, 0.3) is 0 Å². The minimum absolute atomic E-state index is 0.473. The second-order valence-corrected chi connectivity index (χ2v) is 5.92. The van der Waals surface area contributed by atoms with Gasteiger partial charge in [-0.3, -0.25) is 0 Å². The lowest BCUT2D eigenvalue weighted by molar-refractivity contribution is 0.744. The molecule has 0 amide bonds. The highest BCUT2D eigenvalue weighted by Gasteiger charge is 2.12. The summed E-state index contributed by atoms with van der Waals surface area (Å²) in [5, 5.41) is 0. The first-order chi connectivity index (χ1) is 7.29. The lowest BCUT2D eigenvalue weighted by Crippen LogP contribution is -2.03. The lowest BCUT2D eigenvalue weighted by atomic mass is 9.99. The van der Waals surface area contributed by atoms with Gasteiger partial charge in [0, 0.05) is 10.4 Å². The Kier molecular flexibility index (Phi) is 6.78. The van der Waals surface area contributed by atoms with E-state index in [1.165, 1.54) is 21.5 Å². The molecule has 1 aromatic carbocycles. The van der Waals surface area contributed by atoms with Crippen molar-refractivity contribution in [3.8, 4) is 0 Å². The Hall–Kier alpha value is 0.340. The Bertz CT molecular complexity index is 291. The molecule has 15 heavy (non-hydrogen) atoms. The summed E-state index contributed by atoms with van der Waals surface area (Å²) in [6.45, 7) is 2.19. The van der Waals surface area contributed by atoms with E-state index in [-0.39, 0.29) is 0 Å². The third-order valence-corrected chi connectivity index (χ3v) is 4.37. The standard InChI is InChI=1S/C12H16BrClS/c1-2-15-8-7-10(9-14)11-5-3-4-6-12(11)13/h3-6,10H,2,7-9H2,1H3. The summed E-state index contributed by atoms with van der Waals surface area (Å²) >= 11 is 11.6. The number of hydrogen-bond donors (Lipinski definition) is 0. The van der Waals surface area contributed by atoms with Gasteiger partial charge >= 0.3 is 0 Å². The van der Waals surface area contributed by atoms with Crippen LogP contribution in [0, 0.1) is 0 Å². The number of thioether (sulfide) groups is 1. The quantitative estimate of drug-likeness (QED) is 0.531.